The van der Waals surface area contributed by atoms with Crippen molar-refractivity contribution in [2.24, 2.45) is 28.9 Å². The van der Waals surface area contributed by atoms with Crippen molar-refractivity contribution in [2.75, 3.05) is 13.6 Å². The van der Waals surface area contributed by atoms with Gasteiger partial charge < -0.3 is 15.7 Å². The summed E-state index contributed by atoms with van der Waals surface area (Å²) in [5, 5.41) is 8.77. The molecule has 4 saturated carbocycles. The van der Waals surface area contributed by atoms with Gasteiger partial charge in [-0.15, -0.1) is 0 Å². The molecule has 0 spiro atoms. The van der Waals surface area contributed by atoms with Gasteiger partial charge in [0.25, 0.3) is 0 Å². The first kappa shape index (κ1) is 14.8. The molecular formula is C16H26N2O3. The predicted molar refractivity (Wildman–Crippen MR) is 78.5 cm³/mol. The third-order valence-corrected chi connectivity index (χ3v) is 5.83. The average Bonchev–Trinajstić information content (AvgIpc) is 2.34. The molecule has 1 unspecified atom stereocenters. The first-order valence-corrected chi connectivity index (χ1v) is 8.09. The van der Waals surface area contributed by atoms with Crippen molar-refractivity contribution in [2.45, 2.75) is 51.0 Å². The number of amides is 1. The molecule has 4 rings (SSSR count). The van der Waals surface area contributed by atoms with Gasteiger partial charge in [0, 0.05) is 13.6 Å². The molecule has 4 fully saturated rings. The Labute approximate surface area is 125 Å². The van der Waals surface area contributed by atoms with Crippen LogP contribution in [-0.4, -0.2) is 41.5 Å². The maximum Gasteiger partial charge on any atom is 0.305 e. The largest absolute Gasteiger partial charge is 0.481 e. The number of aliphatic carboxylic acids is 1. The quantitative estimate of drug-likeness (QED) is 0.804. The molecule has 5 nitrogen and oxygen atoms in total. The van der Waals surface area contributed by atoms with Gasteiger partial charge in [0.2, 0.25) is 5.91 Å². The maximum atomic E-state index is 12.2. The molecular weight excluding hydrogens is 268 g/mol. The Balaban J connectivity index is 1.63. The lowest BCUT2D eigenvalue weighted by Crippen LogP contribution is -2.53. The van der Waals surface area contributed by atoms with Gasteiger partial charge in [0.05, 0.1) is 12.5 Å². The van der Waals surface area contributed by atoms with E-state index in [9.17, 15) is 9.59 Å². The zero-order valence-corrected chi connectivity index (χ0v) is 12.8. The number of rotatable bonds is 5. The minimum absolute atomic E-state index is 0.229. The van der Waals surface area contributed by atoms with Crippen molar-refractivity contribution in [3.05, 3.63) is 0 Å². The molecule has 3 N–H and O–H groups in total. The summed E-state index contributed by atoms with van der Waals surface area (Å²) in [5.41, 5.74) is 5.99. The van der Waals surface area contributed by atoms with E-state index in [4.69, 9.17) is 10.8 Å². The van der Waals surface area contributed by atoms with Gasteiger partial charge in [-0.3, -0.25) is 9.59 Å². The lowest BCUT2D eigenvalue weighted by molar-refractivity contribution is -0.143. The fourth-order valence-electron chi connectivity index (χ4n) is 5.62. The molecule has 21 heavy (non-hydrogen) atoms. The van der Waals surface area contributed by atoms with Gasteiger partial charge in [-0.2, -0.15) is 0 Å². The highest BCUT2D eigenvalue weighted by atomic mass is 16.4. The van der Waals surface area contributed by atoms with Crippen molar-refractivity contribution in [3.8, 4) is 0 Å². The Morgan fingerprint density at radius 3 is 2.10 bits per heavy atom. The molecule has 0 aromatic rings. The normalized spacial score (nSPS) is 38.3. The van der Waals surface area contributed by atoms with Crippen LogP contribution in [0.3, 0.4) is 0 Å². The molecule has 4 aliphatic rings. The molecule has 4 aliphatic carbocycles. The van der Waals surface area contributed by atoms with Gasteiger partial charge >= 0.3 is 5.97 Å². The van der Waals surface area contributed by atoms with Crippen LogP contribution in [0.15, 0.2) is 0 Å². The number of nitrogens with two attached hydrogens (primary N) is 1. The van der Waals surface area contributed by atoms with Crippen LogP contribution in [0.1, 0.15) is 44.9 Å². The summed E-state index contributed by atoms with van der Waals surface area (Å²) in [7, 11) is 1.78. The van der Waals surface area contributed by atoms with E-state index in [2.05, 4.69) is 0 Å². The third kappa shape index (κ3) is 2.93. The molecule has 1 atom stereocenters. The zero-order chi connectivity index (χ0) is 15.2. The summed E-state index contributed by atoms with van der Waals surface area (Å²) in [6.07, 6.45) is 7.59. The van der Waals surface area contributed by atoms with Crippen LogP contribution in [0.5, 0.6) is 0 Å². The van der Waals surface area contributed by atoms with Gasteiger partial charge in [-0.1, -0.05) is 0 Å². The number of carbonyl (C=O) groups excluding carboxylic acids is 1. The average molecular weight is 294 g/mol. The highest BCUT2D eigenvalue weighted by molar-refractivity contribution is 5.85. The van der Waals surface area contributed by atoms with E-state index < -0.39 is 12.0 Å². The van der Waals surface area contributed by atoms with E-state index in [1.807, 2.05) is 0 Å². The van der Waals surface area contributed by atoms with E-state index in [0.29, 0.717) is 0 Å². The van der Waals surface area contributed by atoms with E-state index in [0.717, 1.165) is 24.3 Å². The van der Waals surface area contributed by atoms with Gasteiger partial charge in [0.15, 0.2) is 0 Å². The number of hydrogen-bond acceptors (Lipinski definition) is 3. The van der Waals surface area contributed by atoms with Gasteiger partial charge in [-0.05, 0) is 61.7 Å². The Kier molecular flexibility index (Phi) is 3.72. The van der Waals surface area contributed by atoms with E-state index in [-0.39, 0.29) is 17.7 Å². The molecule has 0 heterocycles. The first-order chi connectivity index (χ1) is 9.87. The standard InChI is InChI=1S/C16H26N2O3/c1-18(15(21)13(17)5-14(19)20)9-16-6-10-2-11(7-16)4-12(3-10)8-16/h10-13H,2-9,17H2,1H3,(H,19,20). The summed E-state index contributed by atoms with van der Waals surface area (Å²) in [5.74, 6) is 1.32. The van der Waals surface area contributed by atoms with Crippen molar-refractivity contribution in [1.82, 2.24) is 4.90 Å². The summed E-state index contributed by atoms with van der Waals surface area (Å²) in [6, 6.07) is -0.915. The molecule has 0 aliphatic heterocycles. The van der Waals surface area contributed by atoms with E-state index >= 15 is 0 Å². The fourth-order valence-corrected chi connectivity index (χ4v) is 5.62. The lowest BCUT2D eigenvalue weighted by Gasteiger charge is -2.57. The van der Waals surface area contributed by atoms with E-state index in [1.54, 1.807) is 11.9 Å². The molecule has 118 valence electrons. The summed E-state index contributed by atoms with van der Waals surface area (Å²) >= 11 is 0. The van der Waals surface area contributed by atoms with Gasteiger partial charge in [-0.25, -0.2) is 0 Å². The lowest BCUT2D eigenvalue weighted by atomic mass is 9.49. The topological polar surface area (TPSA) is 83.6 Å². The van der Waals surface area contributed by atoms with Gasteiger partial charge in [0.1, 0.15) is 0 Å². The Morgan fingerprint density at radius 1 is 1.19 bits per heavy atom. The van der Waals surface area contributed by atoms with Crippen molar-refractivity contribution in [3.63, 3.8) is 0 Å². The van der Waals surface area contributed by atoms with Crippen LogP contribution in [-0.2, 0) is 9.59 Å². The first-order valence-electron chi connectivity index (χ1n) is 8.09. The number of carboxylic acids is 1. The van der Waals surface area contributed by atoms with Crippen LogP contribution in [0, 0.1) is 23.2 Å². The molecule has 5 heteroatoms. The Morgan fingerprint density at radius 2 is 1.67 bits per heavy atom. The molecule has 0 radical (unpaired) electrons. The summed E-state index contributed by atoms with van der Waals surface area (Å²) < 4.78 is 0. The van der Waals surface area contributed by atoms with Crippen molar-refractivity contribution >= 4 is 11.9 Å². The van der Waals surface area contributed by atoms with E-state index in [1.165, 1.54) is 38.5 Å². The fraction of sp³-hybridized carbons (Fsp3) is 0.875. The van der Waals surface area contributed by atoms with Crippen LogP contribution in [0.25, 0.3) is 0 Å². The molecule has 1 amide bonds. The maximum absolute atomic E-state index is 12.2. The monoisotopic (exact) mass is 294 g/mol. The van der Waals surface area contributed by atoms with Crippen molar-refractivity contribution in [1.29, 1.82) is 0 Å². The van der Waals surface area contributed by atoms with Crippen LogP contribution in [0.4, 0.5) is 0 Å². The second kappa shape index (κ2) is 5.27. The molecule has 4 bridgehead atoms. The number of likely N-dealkylation sites (N-methyl/N-ethyl adjacent to an activating group) is 1. The minimum Gasteiger partial charge on any atom is -0.481 e. The minimum atomic E-state index is -1.01. The number of carboxylic acid groups (broad SMARTS) is 1. The van der Waals surface area contributed by atoms with Crippen LogP contribution < -0.4 is 5.73 Å². The number of nitrogens with zero attached hydrogens (tertiary/aromatic N) is 1. The predicted octanol–water partition coefficient (Wildman–Crippen LogP) is 1.46. The van der Waals surface area contributed by atoms with Crippen LogP contribution >= 0.6 is 0 Å². The summed E-state index contributed by atoms with van der Waals surface area (Å²) in [6.45, 7) is 0.753. The third-order valence-electron chi connectivity index (χ3n) is 5.83. The Bertz CT molecular complexity index is 414. The smallest absolute Gasteiger partial charge is 0.305 e. The molecule has 0 aromatic heterocycles. The molecule has 0 aromatic carbocycles. The second-order valence-electron chi connectivity index (χ2n) is 7.82. The SMILES string of the molecule is CN(CC12CC3CC(CC(C3)C1)C2)C(=O)C(N)CC(=O)O. The van der Waals surface area contributed by atoms with Crippen molar-refractivity contribution < 1.29 is 14.7 Å². The number of carbonyl (C=O) groups is 2. The Hall–Kier alpha value is -1.10. The highest BCUT2D eigenvalue weighted by Crippen LogP contribution is 2.60. The zero-order valence-electron chi connectivity index (χ0n) is 12.8. The second-order valence-corrected chi connectivity index (χ2v) is 7.82. The summed E-state index contributed by atoms with van der Waals surface area (Å²) in [4.78, 5) is 24.6. The molecule has 0 saturated heterocycles. The highest BCUT2D eigenvalue weighted by Gasteiger charge is 2.51. The van der Waals surface area contributed by atoms with Crippen LogP contribution in [0.2, 0.25) is 0 Å². The number of hydrogen-bond donors (Lipinski definition) is 2.